The number of carbonyl (C=O) groups excluding carboxylic acids is 1. The molecular weight excluding hydrogens is 218 g/mol. The van der Waals surface area contributed by atoms with Crippen LogP contribution < -0.4 is 5.32 Å². The summed E-state index contributed by atoms with van der Waals surface area (Å²) in [6, 6.07) is 9.73. The van der Waals surface area contributed by atoms with Crippen molar-refractivity contribution in [2.45, 2.75) is 19.4 Å². The van der Waals surface area contributed by atoms with Crippen molar-refractivity contribution < 1.29 is 14.6 Å². The van der Waals surface area contributed by atoms with Crippen molar-refractivity contribution in [3.8, 4) is 0 Å². The van der Waals surface area contributed by atoms with Crippen LogP contribution in [0.2, 0.25) is 0 Å². The van der Waals surface area contributed by atoms with Crippen LogP contribution in [0, 0.1) is 0 Å². The van der Waals surface area contributed by atoms with Gasteiger partial charge in [-0.3, -0.25) is 4.79 Å². The van der Waals surface area contributed by atoms with Crippen LogP contribution in [0.3, 0.4) is 0 Å². The molecule has 0 aliphatic heterocycles. The Morgan fingerprint density at radius 1 is 1.24 bits per heavy atom. The number of aliphatic hydroxyl groups is 1. The highest BCUT2D eigenvalue weighted by Crippen LogP contribution is 1.99. The van der Waals surface area contributed by atoms with Crippen LogP contribution in [0.15, 0.2) is 30.3 Å². The van der Waals surface area contributed by atoms with Crippen LogP contribution in [-0.2, 0) is 16.1 Å². The standard InChI is InChI=1S/C13H19NO3/c15-9-5-4-8-14-13(16)11-17-10-12-6-2-1-3-7-12/h1-3,6-7,15H,4-5,8-11H2,(H,14,16). The van der Waals surface area contributed by atoms with Crippen molar-refractivity contribution in [2.75, 3.05) is 19.8 Å². The van der Waals surface area contributed by atoms with E-state index in [1.54, 1.807) is 0 Å². The van der Waals surface area contributed by atoms with Gasteiger partial charge < -0.3 is 15.2 Å². The number of nitrogens with one attached hydrogen (secondary N) is 1. The molecule has 1 aromatic rings. The largest absolute Gasteiger partial charge is 0.396 e. The Labute approximate surface area is 102 Å². The molecule has 1 aromatic carbocycles. The average molecular weight is 237 g/mol. The van der Waals surface area contributed by atoms with Gasteiger partial charge in [0.05, 0.1) is 6.61 Å². The molecule has 0 aliphatic rings. The number of hydrogen-bond donors (Lipinski definition) is 2. The summed E-state index contributed by atoms with van der Waals surface area (Å²) >= 11 is 0. The van der Waals surface area contributed by atoms with Gasteiger partial charge in [-0.15, -0.1) is 0 Å². The molecule has 0 heterocycles. The van der Waals surface area contributed by atoms with Crippen LogP contribution in [0.25, 0.3) is 0 Å². The predicted molar refractivity (Wildman–Crippen MR) is 65.4 cm³/mol. The van der Waals surface area contributed by atoms with Crippen LogP contribution in [0.4, 0.5) is 0 Å². The molecule has 0 saturated carbocycles. The summed E-state index contributed by atoms with van der Waals surface area (Å²) in [5, 5.41) is 11.3. The lowest BCUT2D eigenvalue weighted by molar-refractivity contribution is -0.126. The molecule has 0 spiro atoms. The maximum atomic E-state index is 11.3. The number of carbonyl (C=O) groups is 1. The van der Waals surface area contributed by atoms with E-state index in [9.17, 15) is 4.79 Å². The minimum absolute atomic E-state index is 0.0774. The van der Waals surface area contributed by atoms with E-state index < -0.39 is 0 Å². The second-order valence-corrected chi connectivity index (χ2v) is 3.76. The van der Waals surface area contributed by atoms with Crippen LogP contribution in [0.1, 0.15) is 18.4 Å². The molecule has 4 heteroatoms. The number of benzene rings is 1. The topological polar surface area (TPSA) is 58.6 Å². The Morgan fingerprint density at radius 3 is 2.71 bits per heavy atom. The van der Waals surface area contributed by atoms with Gasteiger partial charge in [0.15, 0.2) is 0 Å². The molecule has 0 aromatic heterocycles. The fourth-order valence-electron chi connectivity index (χ4n) is 1.35. The van der Waals surface area contributed by atoms with Crippen molar-refractivity contribution in [1.29, 1.82) is 0 Å². The first-order chi connectivity index (χ1) is 8.33. The number of unbranched alkanes of at least 4 members (excludes halogenated alkanes) is 1. The number of amides is 1. The minimum atomic E-state index is -0.112. The Hall–Kier alpha value is -1.39. The lowest BCUT2D eigenvalue weighted by Crippen LogP contribution is -2.28. The van der Waals surface area contributed by atoms with E-state index in [0.29, 0.717) is 19.6 Å². The predicted octanol–water partition coefficient (Wildman–Crippen LogP) is 1.09. The van der Waals surface area contributed by atoms with Crippen LogP contribution in [-0.4, -0.2) is 30.8 Å². The number of aliphatic hydroxyl groups excluding tert-OH is 1. The summed E-state index contributed by atoms with van der Waals surface area (Å²) in [6.45, 7) is 1.29. The SMILES string of the molecule is O=C(COCc1ccccc1)NCCCCO. The normalized spacial score (nSPS) is 10.2. The van der Waals surface area contributed by atoms with Gasteiger partial charge in [-0.1, -0.05) is 30.3 Å². The summed E-state index contributed by atoms with van der Waals surface area (Å²) in [6.07, 6.45) is 1.51. The molecule has 1 amide bonds. The van der Waals surface area contributed by atoms with E-state index in [4.69, 9.17) is 9.84 Å². The summed E-state index contributed by atoms with van der Waals surface area (Å²) in [7, 11) is 0. The van der Waals surface area contributed by atoms with Crippen molar-refractivity contribution >= 4 is 5.91 Å². The van der Waals surface area contributed by atoms with Crippen LogP contribution >= 0.6 is 0 Å². The number of rotatable bonds is 8. The molecule has 94 valence electrons. The molecule has 4 nitrogen and oxygen atoms in total. The third kappa shape index (κ3) is 6.71. The summed E-state index contributed by atoms with van der Waals surface area (Å²) in [5.41, 5.74) is 1.06. The highest BCUT2D eigenvalue weighted by Gasteiger charge is 2.00. The summed E-state index contributed by atoms with van der Waals surface area (Å²) < 4.78 is 5.28. The lowest BCUT2D eigenvalue weighted by atomic mass is 10.2. The third-order valence-electron chi connectivity index (χ3n) is 2.25. The van der Waals surface area contributed by atoms with E-state index in [0.717, 1.165) is 12.0 Å². The molecule has 0 unspecified atom stereocenters. The summed E-state index contributed by atoms with van der Waals surface area (Å²) in [5.74, 6) is -0.112. The molecule has 0 aliphatic carbocycles. The maximum Gasteiger partial charge on any atom is 0.246 e. The zero-order valence-corrected chi connectivity index (χ0v) is 9.89. The van der Waals surface area contributed by atoms with Gasteiger partial charge >= 0.3 is 0 Å². The van der Waals surface area contributed by atoms with Gasteiger partial charge in [0.1, 0.15) is 6.61 Å². The molecule has 0 radical (unpaired) electrons. The fraction of sp³-hybridized carbons (Fsp3) is 0.462. The lowest BCUT2D eigenvalue weighted by Gasteiger charge is -2.05. The average Bonchev–Trinajstić information content (AvgIpc) is 2.36. The first-order valence-corrected chi connectivity index (χ1v) is 5.82. The smallest absolute Gasteiger partial charge is 0.246 e. The highest BCUT2D eigenvalue weighted by molar-refractivity contribution is 5.77. The molecule has 0 fully saturated rings. The minimum Gasteiger partial charge on any atom is -0.396 e. The van der Waals surface area contributed by atoms with Crippen molar-refractivity contribution in [3.63, 3.8) is 0 Å². The third-order valence-corrected chi connectivity index (χ3v) is 2.25. The van der Waals surface area contributed by atoms with Gasteiger partial charge in [0, 0.05) is 13.2 Å². The second-order valence-electron chi connectivity index (χ2n) is 3.76. The Balaban J connectivity index is 2.04. The van der Waals surface area contributed by atoms with Gasteiger partial charge in [0.2, 0.25) is 5.91 Å². The van der Waals surface area contributed by atoms with E-state index in [-0.39, 0.29) is 19.1 Å². The van der Waals surface area contributed by atoms with Gasteiger partial charge in [-0.25, -0.2) is 0 Å². The van der Waals surface area contributed by atoms with Crippen LogP contribution in [0.5, 0.6) is 0 Å². The van der Waals surface area contributed by atoms with Crippen molar-refractivity contribution in [1.82, 2.24) is 5.32 Å². The van der Waals surface area contributed by atoms with Gasteiger partial charge in [-0.2, -0.15) is 0 Å². The fourth-order valence-corrected chi connectivity index (χ4v) is 1.35. The van der Waals surface area contributed by atoms with Crippen molar-refractivity contribution in [3.05, 3.63) is 35.9 Å². The summed E-state index contributed by atoms with van der Waals surface area (Å²) in [4.78, 5) is 11.3. The Kier molecular flexibility index (Phi) is 7.02. The molecule has 0 saturated heterocycles. The molecule has 1 rings (SSSR count). The Bertz CT molecular complexity index is 314. The zero-order chi connectivity index (χ0) is 12.3. The first-order valence-electron chi connectivity index (χ1n) is 5.82. The molecular formula is C13H19NO3. The van der Waals surface area contributed by atoms with E-state index in [2.05, 4.69) is 5.32 Å². The van der Waals surface area contributed by atoms with Gasteiger partial charge in [-0.05, 0) is 18.4 Å². The molecule has 2 N–H and O–H groups in total. The zero-order valence-electron chi connectivity index (χ0n) is 9.89. The Morgan fingerprint density at radius 2 is 2.00 bits per heavy atom. The molecule has 17 heavy (non-hydrogen) atoms. The van der Waals surface area contributed by atoms with E-state index in [1.807, 2.05) is 30.3 Å². The molecule has 0 atom stereocenters. The quantitative estimate of drug-likeness (QED) is 0.665. The maximum absolute atomic E-state index is 11.3. The molecule has 0 bridgehead atoms. The van der Waals surface area contributed by atoms with Gasteiger partial charge in [0.25, 0.3) is 0 Å². The van der Waals surface area contributed by atoms with E-state index >= 15 is 0 Å². The van der Waals surface area contributed by atoms with Crippen molar-refractivity contribution in [2.24, 2.45) is 0 Å². The monoisotopic (exact) mass is 237 g/mol. The van der Waals surface area contributed by atoms with E-state index in [1.165, 1.54) is 0 Å². The first kappa shape index (κ1) is 13.7. The second kappa shape index (κ2) is 8.73. The number of ether oxygens (including phenoxy) is 1. The number of hydrogen-bond acceptors (Lipinski definition) is 3. The highest BCUT2D eigenvalue weighted by atomic mass is 16.5.